The van der Waals surface area contributed by atoms with Gasteiger partial charge in [0.05, 0.1) is 28.3 Å². The maximum absolute atomic E-state index is 13.7. The van der Waals surface area contributed by atoms with Gasteiger partial charge in [-0.1, -0.05) is 18.2 Å². The van der Waals surface area contributed by atoms with Gasteiger partial charge >= 0.3 is 30.5 Å². The first-order chi connectivity index (χ1) is 20.6. The zero-order valence-electron chi connectivity index (χ0n) is 22.5. The fourth-order valence-corrected chi connectivity index (χ4v) is 5.45. The lowest BCUT2D eigenvalue weighted by Gasteiger charge is -2.27. The molecule has 3 aromatic rings. The summed E-state index contributed by atoms with van der Waals surface area (Å²) in [5.41, 5.74) is -0.617. The summed E-state index contributed by atoms with van der Waals surface area (Å²) in [7, 11) is -4.21. The number of alkyl halides is 9. The Morgan fingerprint density at radius 1 is 0.822 bits per heavy atom. The Hall–Kier alpha value is -3.88. The zero-order valence-corrected chi connectivity index (χ0v) is 23.4. The highest BCUT2D eigenvalue weighted by atomic mass is 32.2. The predicted molar refractivity (Wildman–Crippen MR) is 137 cm³/mol. The number of benzene rings is 2. The molecule has 0 unspecified atom stereocenters. The fraction of sp³-hybridized carbons (Fsp3) is 0.360. The smallest absolute Gasteiger partial charge is 0.475 e. The van der Waals surface area contributed by atoms with E-state index in [2.05, 4.69) is 5.32 Å². The largest absolute Gasteiger partial charge is 0.490 e. The van der Waals surface area contributed by atoms with E-state index in [0.717, 1.165) is 29.2 Å². The number of hydrogen-bond acceptors (Lipinski definition) is 7. The van der Waals surface area contributed by atoms with E-state index in [1.54, 1.807) is 6.07 Å². The molecule has 0 atom stereocenters. The van der Waals surface area contributed by atoms with E-state index in [9.17, 15) is 53.0 Å². The third kappa shape index (κ3) is 10.1. The number of piperazine rings is 1. The summed E-state index contributed by atoms with van der Waals surface area (Å²) >= 11 is 0. The molecule has 0 amide bonds. The molecule has 1 aromatic heterocycles. The maximum atomic E-state index is 13.7. The first kappa shape index (κ1) is 37.3. The van der Waals surface area contributed by atoms with Gasteiger partial charge in [0.15, 0.2) is 0 Å². The minimum atomic E-state index is -5.08. The summed E-state index contributed by atoms with van der Waals surface area (Å²) in [6.07, 6.45) is -14.8. The molecule has 1 saturated heterocycles. The minimum absolute atomic E-state index is 0.0136. The number of carboxylic acid groups (broad SMARTS) is 2. The van der Waals surface area contributed by atoms with Crippen LogP contribution in [0.1, 0.15) is 16.8 Å². The predicted octanol–water partition coefficient (Wildman–Crippen LogP) is 4.06. The summed E-state index contributed by atoms with van der Waals surface area (Å²) in [4.78, 5) is 19.7. The van der Waals surface area contributed by atoms with Crippen LogP contribution in [0.4, 0.5) is 39.5 Å². The van der Waals surface area contributed by atoms with Crippen molar-refractivity contribution in [1.29, 1.82) is 0 Å². The van der Waals surface area contributed by atoms with Gasteiger partial charge in [0.25, 0.3) is 10.0 Å². The summed E-state index contributed by atoms with van der Waals surface area (Å²) in [5, 5.41) is 27.7. The van der Waals surface area contributed by atoms with Gasteiger partial charge in [-0.3, -0.25) is 4.90 Å². The van der Waals surface area contributed by atoms with Crippen molar-refractivity contribution in [2.45, 2.75) is 36.6 Å². The number of nitrogens with zero attached hydrogens (tertiary/aromatic N) is 2. The Morgan fingerprint density at radius 2 is 1.31 bits per heavy atom. The first-order valence-corrected chi connectivity index (χ1v) is 13.7. The zero-order chi connectivity index (χ0) is 34.4. The van der Waals surface area contributed by atoms with Crippen molar-refractivity contribution >= 4 is 32.9 Å². The van der Waals surface area contributed by atoms with Crippen molar-refractivity contribution in [2.75, 3.05) is 26.2 Å². The van der Waals surface area contributed by atoms with Crippen molar-refractivity contribution in [3.63, 3.8) is 0 Å². The number of halogens is 9. The Kier molecular flexibility index (Phi) is 12.0. The van der Waals surface area contributed by atoms with E-state index >= 15 is 0 Å². The number of aliphatic hydroxyl groups is 1. The second kappa shape index (κ2) is 14.5. The van der Waals surface area contributed by atoms with Crippen LogP contribution in [0.25, 0.3) is 10.9 Å². The van der Waals surface area contributed by atoms with Crippen LogP contribution < -0.4 is 5.32 Å². The van der Waals surface area contributed by atoms with E-state index in [0.29, 0.717) is 24.0 Å². The Bertz CT molecular complexity index is 1560. The molecule has 4 rings (SSSR count). The second-order valence-corrected chi connectivity index (χ2v) is 10.9. The summed E-state index contributed by atoms with van der Waals surface area (Å²) in [6, 6.07) is 10.8. The summed E-state index contributed by atoms with van der Waals surface area (Å²) < 4.78 is 132. The number of nitrogens with one attached hydrogen (secondary N) is 1. The van der Waals surface area contributed by atoms with E-state index in [1.807, 2.05) is 4.90 Å². The lowest BCUT2D eigenvalue weighted by molar-refractivity contribution is -0.193. The van der Waals surface area contributed by atoms with Gasteiger partial charge in [-0.05, 0) is 35.9 Å². The lowest BCUT2D eigenvalue weighted by atomic mass is 10.0. The molecule has 250 valence electrons. The van der Waals surface area contributed by atoms with Crippen LogP contribution in [0.5, 0.6) is 0 Å². The van der Waals surface area contributed by atoms with E-state index in [1.165, 1.54) is 30.3 Å². The average molecular weight is 682 g/mol. The van der Waals surface area contributed by atoms with Gasteiger partial charge in [0.2, 0.25) is 0 Å². The number of aliphatic carboxylic acids is 2. The topological polar surface area (TPSA) is 149 Å². The minimum Gasteiger partial charge on any atom is -0.475 e. The van der Waals surface area contributed by atoms with Gasteiger partial charge in [-0.15, -0.1) is 0 Å². The molecule has 0 aliphatic carbocycles. The number of carbonyl (C=O) groups is 2. The van der Waals surface area contributed by atoms with Crippen LogP contribution in [0.15, 0.2) is 53.4 Å². The first-order valence-electron chi connectivity index (χ1n) is 12.3. The maximum Gasteiger partial charge on any atom is 0.490 e. The molecule has 10 nitrogen and oxygen atoms in total. The highest BCUT2D eigenvalue weighted by Gasteiger charge is 2.39. The number of aliphatic hydroxyl groups excluding tert-OH is 1. The quantitative estimate of drug-likeness (QED) is 0.293. The lowest BCUT2D eigenvalue weighted by Crippen LogP contribution is -2.42. The Labute approximate surface area is 248 Å². The third-order valence-corrected chi connectivity index (χ3v) is 7.67. The normalized spacial score (nSPS) is 14.6. The number of aromatic nitrogens is 1. The van der Waals surface area contributed by atoms with Gasteiger partial charge in [-0.25, -0.2) is 22.0 Å². The number of fused-ring (bicyclic) bond motifs is 1. The molecule has 2 heterocycles. The van der Waals surface area contributed by atoms with Crippen molar-refractivity contribution < 1.29 is 72.8 Å². The molecule has 0 saturated carbocycles. The number of hydrogen-bond donors (Lipinski definition) is 4. The summed E-state index contributed by atoms with van der Waals surface area (Å²) in [5.74, 6) is -5.51. The number of carboxylic acids is 2. The third-order valence-electron chi connectivity index (χ3n) is 5.89. The van der Waals surface area contributed by atoms with Crippen LogP contribution in [-0.4, -0.2) is 83.1 Å². The van der Waals surface area contributed by atoms with Crippen LogP contribution in [0, 0.1) is 0 Å². The molecule has 1 aliphatic rings. The van der Waals surface area contributed by atoms with Crippen molar-refractivity contribution in [3.8, 4) is 0 Å². The van der Waals surface area contributed by atoms with Gasteiger partial charge < -0.3 is 20.6 Å². The molecule has 0 spiro atoms. The monoisotopic (exact) mass is 681 g/mol. The standard InChI is InChI=1S/C21H22F3N3O3S.2C2HF3O2/c22-21(23,24)16-10-15(13-26-8-6-25-7-9-26)19-12-17(14-28)27(20(19)11-16)31(29,30)18-4-2-1-3-5-18;2*3-2(4,5)1(6)7/h1-5,10-12,25,28H,6-9,13-14H2;2*(H,6,7). The van der Waals surface area contributed by atoms with Crippen LogP contribution >= 0.6 is 0 Å². The molecular formula is C25H24F9N3O7S. The molecule has 4 N–H and O–H groups in total. The fourth-order valence-electron chi connectivity index (χ4n) is 3.91. The van der Waals surface area contributed by atoms with Crippen LogP contribution in [0.2, 0.25) is 0 Å². The van der Waals surface area contributed by atoms with E-state index in [4.69, 9.17) is 19.8 Å². The highest BCUT2D eigenvalue weighted by Crippen LogP contribution is 2.36. The molecule has 1 fully saturated rings. The highest BCUT2D eigenvalue weighted by molar-refractivity contribution is 7.90. The van der Waals surface area contributed by atoms with Crippen LogP contribution in [0.3, 0.4) is 0 Å². The molecule has 45 heavy (non-hydrogen) atoms. The van der Waals surface area contributed by atoms with Crippen molar-refractivity contribution in [1.82, 2.24) is 14.2 Å². The molecule has 20 heteroatoms. The van der Waals surface area contributed by atoms with Crippen molar-refractivity contribution in [2.24, 2.45) is 0 Å². The summed E-state index contributed by atoms with van der Waals surface area (Å²) in [6.45, 7) is 2.43. The average Bonchev–Trinajstić information content (AvgIpc) is 3.33. The molecule has 1 aliphatic heterocycles. The molecule has 0 bridgehead atoms. The molecule has 2 aromatic carbocycles. The second-order valence-electron chi connectivity index (χ2n) is 9.07. The Balaban J connectivity index is 0.000000421. The molecular weight excluding hydrogens is 657 g/mol. The van der Waals surface area contributed by atoms with Crippen molar-refractivity contribution in [3.05, 3.63) is 65.4 Å². The van der Waals surface area contributed by atoms with E-state index in [-0.39, 0.29) is 22.7 Å². The van der Waals surface area contributed by atoms with Crippen LogP contribution in [-0.2, 0) is 38.9 Å². The van der Waals surface area contributed by atoms with E-state index < -0.39 is 52.7 Å². The number of rotatable bonds is 5. The molecule has 0 radical (unpaired) electrons. The van der Waals surface area contributed by atoms with Gasteiger partial charge in [0, 0.05) is 38.1 Å². The Morgan fingerprint density at radius 3 is 1.73 bits per heavy atom. The van der Waals surface area contributed by atoms with Gasteiger partial charge in [-0.2, -0.15) is 39.5 Å². The SMILES string of the molecule is O=C(O)C(F)(F)F.O=C(O)C(F)(F)F.O=S(=O)(c1ccccc1)n1c(CO)cc2c(CN3CCNCC3)cc(C(F)(F)F)cc21. The van der Waals surface area contributed by atoms with Gasteiger partial charge in [0.1, 0.15) is 0 Å².